The van der Waals surface area contributed by atoms with E-state index in [9.17, 15) is 4.79 Å². The summed E-state index contributed by atoms with van der Waals surface area (Å²) in [5.41, 5.74) is -0.510. The van der Waals surface area contributed by atoms with Crippen LogP contribution in [0.1, 0.15) is 39.5 Å². The van der Waals surface area contributed by atoms with Crippen LogP contribution in [0.5, 0.6) is 0 Å². The summed E-state index contributed by atoms with van der Waals surface area (Å²) in [6.07, 6.45) is 4.31. The van der Waals surface area contributed by atoms with Gasteiger partial charge in [0.2, 0.25) is 0 Å². The van der Waals surface area contributed by atoms with Crippen molar-refractivity contribution in [2.45, 2.75) is 45.1 Å². The van der Waals surface area contributed by atoms with Gasteiger partial charge in [0.25, 0.3) is 0 Å². The van der Waals surface area contributed by atoms with Crippen LogP contribution in [0.3, 0.4) is 0 Å². The van der Waals surface area contributed by atoms with Crippen LogP contribution in [-0.2, 0) is 22.8 Å². The van der Waals surface area contributed by atoms with Crippen molar-refractivity contribution in [3.8, 4) is 0 Å². The fourth-order valence-corrected chi connectivity index (χ4v) is 3.68. The van der Waals surface area contributed by atoms with Crippen molar-refractivity contribution < 1.29 is 22.8 Å². The molecule has 0 bridgehead atoms. The van der Waals surface area contributed by atoms with Gasteiger partial charge in [-0.25, -0.2) is 0 Å². The lowest BCUT2D eigenvalue weighted by atomic mass is 10.2. The molecule has 0 aliphatic heterocycles. The molecule has 0 aromatic heterocycles. The Hall–Kier alpha value is -0.433. The molecular formula is C12H26O5Si. The molecule has 0 aliphatic rings. The summed E-state index contributed by atoms with van der Waals surface area (Å²) >= 11 is 0. The first kappa shape index (κ1) is 17.6. The van der Waals surface area contributed by atoms with Gasteiger partial charge >= 0.3 is 14.8 Å². The molecule has 1 atom stereocenters. The van der Waals surface area contributed by atoms with Crippen LogP contribution in [-0.4, -0.2) is 42.7 Å². The predicted octanol–water partition coefficient (Wildman–Crippen LogP) is 2.38. The molecule has 6 heteroatoms. The summed E-state index contributed by atoms with van der Waals surface area (Å²) in [6, 6.07) is 0. The first-order chi connectivity index (χ1) is 8.57. The number of rotatable bonds is 10. The smallest absolute Gasteiger partial charge is 0.465 e. The molecule has 0 saturated heterocycles. The summed E-state index contributed by atoms with van der Waals surface area (Å²) in [4.78, 5) is 11.9. The van der Waals surface area contributed by atoms with Crippen LogP contribution < -0.4 is 0 Å². The third kappa shape index (κ3) is 5.05. The number of carbonyl (C=O) groups excluding carboxylic acids is 1. The van der Waals surface area contributed by atoms with Gasteiger partial charge in [0.1, 0.15) is 5.54 Å². The van der Waals surface area contributed by atoms with Gasteiger partial charge in [0, 0.05) is 21.3 Å². The molecule has 5 nitrogen and oxygen atoms in total. The Balaban J connectivity index is 4.15. The molecule has 0 fully saturated rings. The van der Waals surface area contributed by atoms with Crippen molar-refractivity contribution in [3.05, 3.63) is 0 Å². The Morgan fingerprint density at radius 3 is 2.06 bits per heavy atom. The Labute approximate surface area is 111 Å². The zero-order valence-corrected chi connectivity index (χ0v) is 13.2. The van der Waals surface area contributed by atoms with Crippen LogP contribution in [0, 0.1) is 0 Å². The van der Waals surface area contributed by atoms with Gasteiger partial charge in [-0.05, 0) is 13.3 Å². The van der Waals surface area contributed by atoms with Crippen molar-refractivity contribution in [3.63, 3.8) is 0 Å². The average molecular weight is 278 g/mol. The Bertz CT molecular complexity index is 222. The van der Waals surface area contributed by atoms with Crippen LogP contribution >= 0.6 is 0 Å². The number of carbonyl (C=O) groups is 1. The van der Waals surface area contributed by atoms with E-state index in [1.54, 1.807) is 6.92 Å². The maximum Gasteiger partial charge on any atom is 0.514 e. The second-order valence-corrected chi connectivity index (χ2v) is 7.46. The Morgan fingerprint density at radius 2 is 1.61 bits per heavy atom. The molecule has 0 rings (SSSR count). The van der Waals surface area contributed by atoms with Crippen LogP contribution in [0.25, 0.3) is 0 Å². The zero-order chi connectivity index (χ0) is 14.0. The van der Waals surface area contributed by atoms with Crippen molar-refractivity contribution in [2.24, 2.45) is 0 Å². The average Bonchev–Trinajstić information content (AvgIpc) is 2.40. The second kappa shape index (κ2) is 9.49. The fourth-order valence-electron chi connectivity index (χ4n) is 1.75. The van der Waals surface area contributed by atoms with Gasteiger partial charge in [0.05, 0.1) is 6.61 Å². The molecule has 0 amide bonds. The molecule has 0 aromatic rings. The monoisotopic (exact) mass is 278 g/mol. The van der Waals surface area contributed by atoms with Gasteiger partial charge in [-0.15, -0.1) is 0 Å². The first-order valence-electron chi connectivity index (χ1n) is 6.40. The fraction of sp³-hybridized carbons (Fsp3) is 0.917. The summed E-state index contributed by atoms with van der Waals surface area (Å²) in [7, 11) is 1.54. The molecule has 0 heterocycles. The van der Waals surface area contributed by atoms with Crippen LogP contribution in [0.15, 0.2) is 0 Å². The minimum atomic E-state index is -2.93. The lowest BCUT2D eigenvalue weighted by molar-refractivity contribution is -0.144. The molecule has 0 radical (unpaired) electrons. The lowest BCUT2D eigenvalue weighted by Crippen LogP contribution is -2.49. The maximum absolute atomic E-state index is 11.9. The number of esters is 1. The van der Waals surface area contributed by atoms with Crippen molar-refractivity contribution in [1.29, 1.82) is 0 Å². The van der Waals surface area contributed by atoms with E-state index in [1.807, 2.05) is 0 Å². The highest BCUT2D eigenvalue weighted by Crippen LogP contribution is 2.24. The SMILES string of the molecule is CCCCCCOC(=O)C(C)[Si](OC)(OC)OC. The van der Waals surface area contributed by atoms with Crippen molar-refractivity contribution in [2.75, 3.05) is 27.9 Å². The molecular weight excluding hydrogens is 252 g/mol. The minimum Gasteiger partial charge on any atom is -0.465 e. The molecule has 0 N–H and O–H groups in total. The van der Waals surface area contributed by atoms with E-state index in [1.165, 1.54) is 27.8 Å². The molecule has 0 spiro atoms. The molecule has 18 heavy (non-hydrogen) atoms. The van der Waals surface area contributed by atoms with E-state index < -0.39 is 14.3 Å². The Kier molecular flexibility index (Phi) is 9.26. The highest BCUT2D eigenvalue weighted by Gasteiger charge is 2.49. The molecule has 0 aliphatic carbocycles. The van der Waals surface area contributed by atoms with Gasteiger partial charge in [-0.3, -0.25) is 4.79 Å². The number of unbranched alkanes of at least 4 members (excludes halogenated alkanes) is 3. The van der Waals surface area contributed by atoms with E-state index in [0.717, 1.165) is 19.3 Å². The summed E-state index contributed by atoms with van der Waals surface area (Å²) in [5, 5.41) is 0. The standard InChI is InChI=1S/C12H26O5Si/c1-6-7-8-9-10-17-12(13)11(2)18(14-3,15-4)16-5/h11H,6-10H2,1-5H3. The minimum absolute atomic E-state index is 0.316. The van der Waals surface area contributed by atoms with E-state index in [4.69, 9.17) is 18.0 Å². The van der Waals surface area contributed by atoms with Crippen LogP contribution in [0.4, 0.5) is 0 Å². The largest absolute Gasteiger partial charge is 0.514 e. The van der Waals surface area contributed by atoms with Gasteiger partial charge in [-0.1, -0.05) is 26.2 Å². The summed E-state index contributed by atoms with van der Waals surface area (Å²) < 4.78 is 21.0. The zero-order valence-electron chi connectivity index (χ0n) is 12.2. The molecule has 1 unspecified atom stereocenters. The number of hydrogen-bond donors (Lipinski definition) is 0. The summed E-state index contributed by atoms with van der Waals surface area (Å²) in [5.74, 6) is -0.316. The Morgan fingerprint density at radius 1 is 1.06 bits per heavy atom. The quantitative estimate of drug-likeness (QED) is 0.349. The first-order valence-corrected chi connectivity index (χ1v) is 8.20. The van der Waals surface area contributed by atoms with Crippen LogP contribution in [0.2, 0.25) is 5.54 Å². The van der Waals surface area contributed by atoms with E-state index >= 15 is 0 Å². The maximum atomic E-state index is 11.9. The second-order valence-electron chi connectivity index (χ2n) is 4.17. The predicted molar refractivity (Wildman–Crippen MR) is 71.3 cm³/mol. The van der Waals surface area contributed by atoms with E-state index in [0.29, 0.717) is 6.61 Å². The van der Waals surface area contributed by atoms with Crippen molar-refractivity contribution in [1.82, 2.24) is 0 Å². The highest BCUT2D eigenvalue weighted by atomic mass is 28.4. The van der Waals surface area contributed by atoms with Crippen molar-refractivity contribution >= 4 is 14.8 Å². The van der Waals surface area contributed by atoms with Gasteiger partial charge in [0.15, 0.2) is 0 Å². The lowest BCUT2D eigenvalue weighted by Gasteiger charge is -2.28. The summed E-state index contributed by atoms with van der Waals surface area (Å²) in [6.45, 7) is 4.31. The van der Waals surface area contributed by atoms with E-state index in [2.05, 4.69) is 6.92 Å². The third-order valence-corrected chi connectivity index (χ3v) is 5.98. The third-order valence-electron chi connectivity index (χ3n) is 2.98. The normalized spacial score (nSPS) is 13.4. The highest BCUT2D eigenvalue weighted by molar-refractivity contribution is 6.65. The molecule has 0 aromatic carbocycles. The molecule has 108 valence electrons. The van der Waals surface area contributed by atoms with Gasteiger partial charge < -0.3 is 18.0 Å². The van der Waals surface area contributed by atoms with E-state index in [-0.39, 0.29) is 5.97 Å². The number of hydrogen-bond acceptors (Lipinski definition) is 5. The number of ether oxygens (including phenoxy) is 1. The van der Waals surface area contributed by atoms with Gasteiger partial charge in [-0.2, -0.15) is 0 Å². The molecule has 0 saturated carbocycles. The topological polar surface area (TPSA) is 54.0 Å².